The van der Waals surface area contributed by atoms with Gasteiger partial charge in [0.1, 0.15) is 5.82 Å². The molecule has 9 heteroatoms. The number of nitrogens with one attached hydrogen (secondary N) is 1. The van der Waals surface area contributed by atoms with Crippen LogP contribution in [0.3, 0.4) is 0 Å². The number of carbonyl (C=O) groups is 1. The monoisotopic (exact) mass is 365 g/mol. The van der Waals surface area contributed by atoms with Crippen LogP contribution in [0.2, 0.25) is 0 Å². The van der Waals surface area contributed by atoms with Gasteiger partial charge in [-0.05, 0) is 13.3 Å². The van der Waals surface area contributed by atoms with Gasteiger partial charge in [0.15, 0.2) is 4.34 Å². The fourth-order valence-corrected chi connectivity index (χ4v) is 4.20. The second-order valence-corrected chi connectivity index (χ2v) is 7.66. The molecule has 0 aliphatic carbocycles. The van der Waals surface area contributed by atoms with Crippen LogP contribution in [-0.2, 0) is 4.79 Å². The van der Waals surface area contributed by atoms with Crippen molar-refractivity contribution >= 4 is 34.8 Å². The van der Waals surface area contributed by atoms with Gasteiger partial charge in [0.05, 0.1) is 24.1 Å². The molecular weight excluding hydrogens is 346 g/mol. The van der Waals surface area contributed by atoms with Gasteiger partial charge >= 0.3 is 0 Å². The van der Waals surface area contributed by atoms with Crippen molar-refractivity contribution in [2.75, 3.05) is 23.7 Å². The van der Waals surface area contributed by atoms with Crippen molar-refractivity contribution in [3.05, 3.63) is 29.7 Å². The Morgan fingerprint density at radius 2 is 2.42 bits per heavy atom. The van der Waals surface area contributed by atoms with E-state index in [9.17, 15) is 9.90 Å². The van der Waals surface area contributed by atoms with Crippen LogP contribution in [-0.4, -0.2) is 57.0 Å². The van der Waals surface area contributed by atoms with Crippen LogP contribution in [0.1, 0.15) is 12.1 Å². The van der Waals surface area contributed by atoms with E-state index in [1.165, 1.54) is 23.1 Å². The maximum absolute atomic E-state index is 12.1. The van der Waals surface area contributed by atoms with Crippen LogP contribution >= 0.6 is 23.1 Å². The lowest BCUT2D eigenvalue weighted by Gasteiger charge is -2.36. The quantitative estimate of drug-likeness (QED) is 0.767. The van der Waals surface area contributed by atoms with Crippen molar-refractivity contribution in [3.8, 4) is 0 Å². The van der Waals surface area contributed by atoms with Crippen LogP contribution < -0.4 is 10.2 Å². The number of aliphatic hydroxyl groups is 1. The third-order valence-corrected chi connectivity index (χ3v) is 5.87. The zero-order valence-corrected chi connectivity index (χ0v) is 14.9. The van der Waals surface area contributed by atoms with Crippen molar-refractivity contribution < 1.29 is 9.90 Å². The lowest BCUT2D eigenvalue weighted by molar-refractivity contribution is -0.120. The number of aryl methyl sites for hydroxylation is 1. The maximum Gasteiger partial charge on any atom is 0.230 e. The first-order chi connectivity index (χ1) is 11.6. The summed E-state index contributed by atoms with van der Waals surface area (Å²) >= 11 is 2.96. The van der Waals surface area contributed by atoms with E-state index in [-0.39, 0.29) is 11.9 Å². The predicted octanol–water partition coefficient (Wildman–Crippen LogP) is 1.09. The molecular formula is C15H19N5O2S2. The molecule has 3 heterocycles. The van der Waals surface area contributed by atoms with Crippen molar-refractivity contribution in [2.24, 2.45) is 0 Å². The second kappa shape index (κ2) is 7.91. The van der Waals surface area contributed by atoms with Gasteiger partial charge in [-0.3, -0.25) is 9.78 Å². The van der Waals surface area contributed by atoms with Crippen molar-refractivity contribution in [3.63, 3.8) is 0 Å². The summed E-state index contributed by atoms with van der Waals surface area (Å²) in [4.78, 5) is 26.7. The van der Waals surface area contributed by atoms with Crippen LogP contribution in [0.5, 0.6) is 0 Å². The van der Waals surface area contributed by atoms with E-state index in [4.69, 9.17) is 0 Å². The Labute approximate surface area is 148 Å². The van der Waals surface area contributed by atoms with Crippen LogP contribution in [0.4, 0.5) is 5.82 Å². The Hall–Kier alpha value is -1.71. The minimum absolute atomic E-state index is 0.0788. The number of piperidine rings is 1. The van der Waals surface area contributed by atoms with Gasteiger partial charge in [-0.2, -0.15) is 0 Å². The molecule has 2 unspecified atom stereocenters. The fraction of sp³-hybridized carbons (Fsp3) is 0.467. The summed E-state index contributed by atoms with van der Waals surface area (Å²) in [7, 11) is 0. The minimum Gasteiger partial charge on any atom is -0.389 e. The summed E-state index contributed by atoms with van der Waals surface area (Å²) in [6, 6.07) is -0.232. The van der Waals surface area contributed by atoms with Gasteiger partial charge < -0.3 is 15.3 Å². The molecule has 0 aromatic carbocycles. The number of aromatic nitrogens is 3. The predicted molar refractivity (Wildman–Crippen MR) is 94.4 cm³/mol. The lowest BCUT2D eigenvalue weighted by Crippen LogP contribution is -2.54. The average molecular weight is 365 g/mol. The van der Waals surface area contributed by atoms with E-state index >= 15 is 0 Å². The molecule has 1 aliphatic rings. The number of hydrogen-bond donors (Lipinski definition) is 2. The first kappa shape index (κ1) is 17.1. The Morgan fingerprint density at radius 3 is 3.08 bits per heavy atom. The molecule has 0 saturated carbocycles. The molecule has 1 fully saturated rings. The number of carbonyl (C=O) groups excluding carboxylic acids is 1. The molecule has 2 atom stereocenters. The summed E-state index contributed by atoms with van der Waals surface area (Å²) in [5.74, 6) is 0.977. The number of hydrogen-bond acceptors (Lipinski definition) is 8. The zero-order chi connectivity index (χ0) is 16.9. The first-order valence-electron chi connectivity index (χ1n) is 7.65. The summed E-state index contributed by atoms with van der Waals surface area (Å²) in [6.45, 7) is 3.09. The molecule has 2 aromatic heterocycles. The molecule has 2 N–H and O–H groups in total. The van der Waals surface area contributed by atoms with Crippen LogP contribution in [0, 0.1) is 6.92 Å². The number of β-amino-alcohol motifs (C(OH)–C–C–N with tert-alkyl or cyclic N) is 1. The van der Waals surface area contributed by atoms with E-state index in [0.29, 0.717) is 18.7 Å². The van der Waals surface area contributed by atoms with E-state index < -0.39 is 6.10 Å². The molecule has 7 nitrogen and oxygen atoms in total. The molecule has 1 aliphatic heterocycles. The summed E-state index contributed by atoms with van der Waals surface area (Å²) in [5.41, 5.74) is 0.967. The number of thioether (sulfide) groups is 1. The van der Waals surface area contributed by atoms with Gasteiger partial charge in [0, 0.05) is 36.6 Å². The average Bonchev–Trinajstić information content (AvgIpc) is 3.01. The van der Waals surface area contributed by atoms with Gasteiger partial charge in [0.2, 0.25) is 5.91 Å². The van der Waals surface area contributed by atoms with Crippen molar-refractivity contribution in [1.82, 2.24) is 20.3 Å². The standard InChI is InChI=1S/C15H19N5O2S2/c1-10-8-23-15(18-10)24-9-14(22)19-11-2-5-20(7-12(11)21)13-6-16-3-4-17-13/h3-4,6,8,11-12,21H,2,5,7,9H2,1H3,(H,19,22). The number of anilines is 1. The third-order valence-electron chi connectivity index (χ3n) is 3.73. The summed E-state index contributed by atoms with van der Waals surface area (Å²) < 4.78 is 0.890. The lowest BCUT2D eigenvalue weighted by atomic mass is 10.0. The van der Waals surface area contributed by atoms with Crippen LogP contribution in [0.25, 0.3) is 0 Å². The zero-order valence-electron chi connectivity index (χ0n) is 13.3. The highest BCUT2D eigenvalue weighted by atomic mass is 32.2. The molecule has 24 heavy (non-hydrogen) atoms. The minimum atomic E-state index is -0.628. The number of nitrogens with zero attached hydrogens (tertiary/aromatic N) is 4. The molecule has 1 amide bonds. The first-order valence-corrected chi connectivity index (χ1v) is 9.51. The molecule has 0 spiro atoms. The Morgan fingerprint density at radius 1 is 1.54 bits per heavy atom. The molecule has 0 radical (unpaired) electrons. The Kier molecular flexibility index (Phi) is 5.64. The van der Waals surface area contributed by atoms with E-state index in [1.807, 2.05) is 17.2 Å². The number of thiazole rings is 1. The SMILES string of the molecule is Cc1csc(SCC(=O)NC2CCN(c3cnccn3)CC2O)n1. The summed E-state index contributed by atoms with van der Waals surface area (Å²) in [6.07, 6.45) is 4.97. The molecule has 0 bridgehead atoms. The number of aliphatic hydroxyl groups excluding tert-OH is 1. The van der Waals surface area contributed by atoms with E-state index in [2.05, 4.69) is 20.3 Å². The molecule has 2 aromatic rings. The number of amides is 1. The topological polar surface area (TPSA) is 91.2 Å². The maximum atomic E-state index is 12.1. The third kappa shape index (κ3) is 4.43. The Balaban J connectivity index is 1.47. The summed E-state index contributed by atoms with van der Waals surface area (Å²) in [5, 5.41) is 15.2. The molecule has 1 saturated heterocycles. The molecule has 3 rings (SSSR count). The fourth-order valence-electron chi connectivity index (χ4n) is 2.54. The smallest absolute Gasteiger partial charge is 0.230 e. The van der Waals surface area contributed by atoms with Crippen molar-refractivity contribution in [2.45, 2.75) is 29.8 Å². The van der Waals surface area contributed by atoms with E-state index in [0.717, 1.165) is 22.4 Å². The normalized spacial score (nSPS) is 20.8. The highest BCUT2D eigenvalue weighted by Gasteiger charge is 2.29. The van der Waals surface area contributed by atoms with Crippen LogP contribution in [0.15, 0.2) is 28.3 Å². The highest BCUT2D eigenvalue weighted by Crippen LogP contribution is 2.22. The molecule has 128 valence electrons. The second-order valence-electron chi connectivity index (χ2n) is 5.58. The van der Waals surface area contributed by atoms with E-state index in [1.54, 1.807) is 18.6 Å². The largest absolute Gasteiger partial charge is 0.389 e. The van der Waals surface area contributed by atoms with Gasteiger partial charge in [0.25, 0.3) is 0 Å². The highest BCUT2D eigenvalue weighted by molar-refractivity contribution is 8.01. The van der Waals surface area contributed by atoms with Gasteiger partial charge in [-0.1, -0.05) is 11.8 Å². The number of rotatable bonds is 5. The Bertz CT molecular complexity index is 682. The van der Waals surface area contributed by atoms with Gasteiger partial charge in [-0.25, -0.2) is 9.97 Å². The van der Waals surface area contributed by atoms with Crippen molar-refractivity contribution in [1.29, 1.82) is 0 Å². The van der Waals surface area contributed by atoms with Gasteiger partial charge in [-0.15, -0.1) is 11.3 Å².